The van der Waals surface area contributed by atoms with Crippen molar-refractivity contribution in [3.63, 3.8) is 0 Å². The molecule has 0 aliphatic rings. The van der Waals surface area contributed by atoms with Gasteiger partial charge in [-0.25, -0.2) is 15.8 Å². The molecule has 0 unspecified atom stereocenters. The molecule has 0 aliphatic heterocycles. The molecule has 0 radical (unpaired) electrons. The van der Waals surface area contributed by atoms with Crippen molar-refractivity contribution < 1.29 is 0 Å². The first-order valence-corrected chi connectivity index (χ1v) is 5.45. The van der Waals surface area contributed by atoms with Gasteiger partial charge in [0, 0.05) is 11.8 Å². The highest BCUT2D eigenvalue weighted by Gasteiger charge is 2.08. The number of hydrazine groups is 1. The summed E-state index contributed by atoms with van der Waals surface area (Å²) in [5.41, 5.74) is 4.64. The molecule has 4 nitrogen and oxygen atoms in total. The molecule has 0 saturated heterocycles. The van der Waals surface area contributed by atoms with Crippen LogP contribution in [0.4, 0.5) is 5.82 Å². The maximum absolute atomic E-state index is 5.34. The first-order chi connectivity index (χ1) is 7.20. The third-order valence-electron chi connectivity index (χ3n) is 2.07. The molecular formula is C10H12N4S. The third-order valence-corrected chi connectivity index (χ3v) is 3.08. The van der Waals surface area contributed by atoms with Crippen LogP contribution < -0.4 is 11.3 Å². The number of nitrogen functional groups attached to an aromatic ring is 1. The standard InChI is InChI=1S/C10H12N4S/c1-6-3-4-15-9(6)10-12-7(2)5-8(13-10)14-11/h3-5H,11H2,1-2H3,(H,12,13,14). The van der Waals surface area contributed by atoms with E-state index in [2.05, 4.69) is 21.5 Å². The smallest absolute Gasteiger partial charge is 0.172 e. The Kier molecular flexibility index (Phi) is 2.66. The van der Waals surface area contributed by atoms with Crippen LogP contribution in [-0.4, -0.2) is 9.97 Å². The van der Waals surface area contributed by atoms with Crippen LogP contribution in [0.5, 0.6) is 0 Å². The summed E-state index contributed by atoms with van der Waals surface area (Å²) < 4.78 is 0. The first kappa shape index (κ1) is 10.1. The second-order valence-electron chi connectivity index (χ2n) is 3.30. The lowest BCUT2D eigenvalue weighted by atomic mass is 10.3. The molecule has 2 heterocycles. The summed E-state index contributed by atoms with van der Waals surface area (Å²) in [6.45, 7) is 3.97. The Hall–Kier alpha value is -1.46. The van der Waals surface area contributed by atoms with Gasteiger partial charge in [0.05, 0.1) is 4.88 Å². The van der Waals surface area contributed by atoms with Crippen molar-refractivity contribution in [1.82, 2.24) is 9.97 Å². The van der Waals surface area contributed by atoms with Crippen LogP contribution >= 0.6 is 11.3 Å². The monoisotopic (exact) mass is 220 g/mol. The van der Waals surface area contributed by atoms with Gasteiger partial charge >= 0.3 is 0 Å². The summed E-state index contributed by atoms with van der Waals surface area (Å²) in [4.78, 5) is 9.80. The van der Waals surface area contributed by atoms with E-state index in [0.29, 0.717) is 5.82 Å². The van der Waals surface area contributed by atoms with E-state index in [1.54, 1.807) is 11.3 Å². The molecule has 2 aromatic rings. The normalized spacial score (nSPS) is 10.3. The lowest BCUT2D eigenvalue weighted by Gasteiger charge is -2.04. The van der Waals surface area contributed by atoms with Crippen LogP contribution in [0.25, 0.3) is 10.7 Å². The summed E-state index contributed by atoms with van der Waals surface area (Å²) in [6.07, 6.45) is 0. The Labute approximate surface area is 92.2 Å². The minimum atomic E-state index is 0.644. The van der Waals surface area contributed by atoms with Crippen LogP contribution in [0.3, 0.4) is 0 Å². The summed E-state index contributed by atoms with van der Waals surface area (Å²) in [6, 6.07) is 3.87. The average molecular weight is 220 g/mol. The zero-order valence-corrected chi connectivity index (χ0v) is 9.43. The molecule has 0 aromatic carbocycles. The fourth-order valence-electron chi connectivity index (χ4n) is 1.35. The number of anilines is 1. The summed E-state index contributed by atoms with van der Waals surface area (Å²) >= 11 is 1.64. The highest BCUT2D eigenvalue weighted by atomic mass is 32.1. The number of aryl methyl sites for hydroxylation is 2. The zero-order chi connectivity index (χ0) is 10.8. The van der Waals surface area contributed by atoms with Crippen molar-refractivity contribution in [1.29, 1.82) is 0 Å². The van der Waals surface area contributed by atoms with Gasteiger partial charge in [-0.2, -0.15) is 0 Å². The van der Waals surface area contributed by atoms with E-state index in [4.69, 9.17) is 5.84 Å². The molecule has 0 fully saturated rings. The van der Waals surface area contributed by atoms with E-state index >= 15 is 0 Å². The van der Waals surface area contributed by atoms with Gasteiger partial charge in [-0.15, -0.1) is 11.3 Å². The highest BCUT2D eigenvalue weighted by Crippen LogP contribution is 2.26. The van der Waals surface area contributed by atoms with E-state index in [1.165, 1.54) is 5.56 Å². The Morgan fingerprint density at radius 3 is 2.73 bits per heavy atom. The molecule has 0 bridgehead atoms. The average Bonchev–Trinajstić information content (AvgIpc) is 2.63. The van der Waals surface area contributed by atoms with Gasteiger partial charge in [0.2, 0.25) is 0 Å². The highest BCUT2D eigenvalue weighted by molar-refractivity contribution is 7.13. The molecule has 15 heavy (non-hydrogen) atoms. The van der Waals surface area contributed by atoms with Gasteiger partial charge in [0.1, 0.15) is 5.82 Å². The topological polar surface area (TPSA) is 63.8 Å². The van der Waals surface area contributed by atoms with E-state index in [0.717, 1.165) is 16.4 Å². The Bertz CT molecular complexity index is 478. The maximum atomic E-state index is 5.34. The van der Waals surface area contributed by atoms with Gasteiger partial charge < -0.3 is 5.43 Å². The first-order valence-electron chi connectivity index (χ1n) is 4.57. The largest absolute Gasteiger partial charge is 0.308 e. The summed E-state index contributed by atoms with van der Waals surface area (Å²) in [5, 5.41) is 2.03. The number of nitrogens with one attached hydrogen (secondary N) is 1. The molecule has 0 saturated carbocycles. The van der Waals surface area contributed by atoms with Crippen molar-refractivity contribution in [3.8, 4) is 10.7 Å². The van der Waals surface area contributed by atoms with Crippen molar-refractivity contribution in [2.45, 2.75) is 13.8 Å². The van der Waals surface area contributed by atoms with Gasteiger partial charge in [-0.1, -0.05) is 0 Å². The molecule has 0 atom stereocenters. The molecule has 0 amide bonds. The maximum Gasteiger partial charge on any atom is 0.172 e. The SMILES string of the molecule is Cc1cc(NN)nc(-c2sccc2C)n1. The van der Waals surface area contributed by atoms with E-state index in [9.17, 15) is 0 Å². The minimum absolute atomic E-state index is 0.644. The lowest BCUT2D eigenvalue weighted by molar-refractivity contribution is 1.10. The Morgan fingerprint density at radius 1 is 1.33 bits per heavy atom. The number of hydrogen-bond acceptors (Lipinski definition) is 5. The molecule has 2 rings (SSSR count). The summed E-state index contributed by atoms with van der Waals surface area (Å²) in [5.74, 6) is 6.72. The number of nitrogens with zero attached hydrogens (tertiary/aromatic N) is 2. The van der Waals surface area contributed by atoms with Gasteiger partial charge in [0.25, 0.3) is 0 Å². The van der Waals surface area contributed by atoms with E-state index in [1.807, 2.05) is 25.3 Å². The number of hydrogen-bond donors (Lipinski definition) is 2. The molecule has 5 heteroatoms. The molecule has 0 spiro atoms. The van der Waals surface area contributed by atoms with Crippen molar-refractivity contribution in [2.24, 2.45) is 5.84 Å². The van der Waals surface area contributed by atoms with E-state index < -0.39 is 0 Å². The van der Waals surface area contributed by atoms with Crippen LogP contribution in [0.2, 0.25) is 0 Å². The van der Waals surface area contributed by atoms with Gasteiger partial charge in [0.15, 0.2) is 5.82 Å². The molecule has 78 valence electrons. The van der Waals surface area contributed by atoms with Crippen LogP contribution in [0, 0.1) is 13.8 Å². The number of rotatable bonds is 2. The number of thiophene rings is 1. The van der Waals surface area contributed by atoms with Gasteiger partial charge in [-0.3, -0.25) is 0 Å². The predicted octanol–water partition coefficient (Wildman–Crippen LogP) is 2.11. The van der Waals surface area contributed by atoms with Crippen LogP contribution in [0.1, 0.15) is 11.3 Å². The minimum Gasteiger partial charge on any atom is -0.308 e. The fraction of sp³-hybridized carbons (Fsp3) is 0.200. The van der Waals surface area contributed by atoms with Gasteiger partial charge in [-0.05, 0) is 30.9 Å². The zero-order valence-electron chi connectivity index (χ0n) is 8.61. The van der Waals surface area contributed by atoms with Crippen molar-refractivity contribution in [2.75, 3.05) is 5.43 Å². The quantitative estimate of drug-likeness (QED) is 0.601. The van der Waals surface area contributed by atoms with Crippen molar-refractivity contribution >= 4 is 17.2 Å². The second kappa shape index (κ2) is 3.96. The van der Waals surface area contributed by atoms with Crippen LogP contribution in [0.15, 0.2) is 17.5 Å². The van der Waals surface area contributed by atoms with Crippen molar-refractivity contribution in [3.05, 3.63) is 28.8 Å². The van der Waals surface area contributed by atoms with E-state index in [-0.39, 0.29) is 0 Å². The predicted molar refractivity (Wildman–Crippen MR) is 62.6 cm³/mol. The summed E-state index contributed by atoms with van der Waals surface area (Å²) in [7, 11) is 0. The number of aromatic nitrogens is 2. The lowest BCUT2D eigenvalue weighted by Crippen LogP contribution is -2.09. The van der Waals surface area contributed by atoms with Crippen LogP contribution in [-0.2, 0) is 0 Å². The molecule has 0 aliphatic carbocycles. The fourth-order valence-corrected chi connectivity index (χ4v) is 2.20. The second-order valence-corrected chi connectivity index (χ2v) is 4.21. The Balaban J connectivity index is 2.53. The third kappa shape index (κ3) is 1.98. The molecule has 2 aromatic heterocycles. The molecule has 3 N–H and O–H groups in total. The Morgan fingerprint density at radius 2 is 2.13 bits per heavy atom. The molecular weight excluding hydrogens is 208 g/mol. The number of nitrogens with two attached hydrogens (primary N) is 1.